The maximum absolute atomic E-state index is 9.43. The molecule has 0 saturated carbocycles. The van der Waals surface area contributed by atoms with Gasteiger partial charge in [0.1, 0.15) is 0 Å². The van der Waals surface area contributed by atoms with Gasteiger partial charge in [-0.15, -0.1) is 0 Å². The number of rotatable bonds is 2. The summed E-state index contributed by atoms with van der Waals surface area (Å²) in [5.41, 5.74) is 0. The zero-order valence-electron chi connectivity index (χ0n) is 7.88. The van der Waals surface area contributed by atoms with E-state index in [1.54, 1.807) is 14.1 Å². The number of amides is 1. The second-order valence-corrected chi connectivity index (χ2v) is 3.93. The number of carbonyl (C=O) groups excluding carboxylic acids is 1. The second-order valence-electron chi connectivity index (χ2n) is 1.48. The Kier molecular flexibility index (Phi) is 29.9. The van der Waals surface area contributed by atoms with Crippen molar-refractivity contribution in [3.05, 3.63) is 0 Å². The summed E-state index contributed by atoms with van der Waals surface area (Å²) in [5.74, 6) is 0. The van der Waals surface area contributed by atoms with Gasteiger partial charge in [0.05, 0.1) is 0 Å². The first kappa shape index (κ1) is 24.1. The zero-order valence-corrected chi connectivity index (χ0v) is 13.5. The quantitative estimate of drug-likeness (QED) is 0.209. The van der Waals surface area contributed by atoms with E-state index in [0.717, 1.165) is 6.41 Å². The van der Waals surface area contributed by atoms with Crippen LogP contribution in [-0.2, 0) is 25.0 Å². The van der Waals surface area contributed by atoms with E-state index >= 15 is 0 Å². The Balaban J connectivity index is -0.0000000546. The minimum absolute atomic E-state index is 0. The van der Waals surface area contributed by atoms with E-state index in [1.807, 2.05) is 0 Å². The third-order valence-electron chi connectivity index (χ3n) is 0.322. The van der Waals surface area contributed by atoms with Crippen LogP contribution in [0.5, 0.6) is 0 Å². The largest absolute Gasteiger partial charge is 1.00 e. The van der Waals surface area contributed by atoms with Crippen LogP contribution in [0.25, 0.3) is 0 Å². The first-order chi connectivity index (χ1) is 4.91. The molecular formula is C3H7NNa2O5S2. The van der Waals surface area contributed by atoms with Gasteiger partial charge in [-0.05, 0) is 0 Å². The first-order valence-electron chi connectivity index (χ1n) is 2.22. The molecular weight excluding hydrogens is 240 g/mol. The third kappa shape index (κ3) is 31.6. The Morgan fingerprint density at radius 2 is 1.23 bits per heavy atom. The summed E-state index contributed by atoms with van der Waals surface area (Å²) in [7, 11) is -2.53. The first-order valence-corrected chi connectivity index (χ1v) is 4.89. The minimum atomic E-state index is -2.95. The van der Waals surface area contributed by atoms with Crippen molar-refractivity contribution < 1.29 is 81.4 Å². The molecule has 0 aliphatic heterocycles. The summed E-state index contributed by atoms with van der Waals surface area (Å²) in [6, 6.07) is 0. The Morgan fingerprint density at radius 3 is 1.23 bits per heavy atom. The van der Waals surface area contributed by atoms with Gasteiger partial charge in [-0.1, -0.05) is 0 Å². The smallest absolute Gasteiger partial charge is 0.763 e. The van der Waals surface area contributed by atoms with Crippen molar-refractivity contribution in [1.82, 2.24) is 4.90 Å². The van der Waals surface area contributed by atoms with Crippen LogP contribution in [0.1, 0.15) is 0 Å². The Labute approximate surface area is 125 Å². The fourth-order valence-electron chi connectivity index (χ4n) is 0. The van der Waals surface area contributed by atoms with Gasteiger partial charge in [-0.25, -0.2) is 0 Å². The molecule has 2 atom stereocenters. The van der Waals surface area contributed by atoms with Gasteiger partial charge in [0.25, 0.3) is 0 Å². The molecule has 0 heterocycles. The number of hydrogen-bond donors (Lipinski definition) is 0. The van der Waals surface area contributed by atoms with Gasteiger partial charge < -0.3 is 14.0 Å². The molecule has 1 amide bonds. The fraction of sp³-hybridized carbons (Fsp3) is 0.667. The molecule has 13 heavy (non-hydrogen) atoms. The van der Waals surface area contributed by atoms with Gasteiger partial charge in [0, 0.05) is 34.3 Å². The molecule has 0 aliphatic carbocycles. The average molecular weight is 247 g/mol. The monoisotopic (exact) mass is 247 g/mol. The second kappa shape index (κ2) is 16.1. The van der Waals surface area contributed by atoms with E-state index in [1.165, 1.54) is 4.90 Å². The SMILES string of the molecule is CN(C)C=O.O=S([O-])S(=O)[O-].[Na+].[Na+]. The molecule has 68 valence electrons. The van der Waals surface area contributed by atoms with Crippen molar-refractivity contribution in [2.75, 3.05) is 14.1 Å². The maximum atomic E-state index is 9.43. The molecule has 0 aromatic heterocycles. The van der Waals surface area contributed by atoms with Crippen LogP contribution in [0, 0.1) is 0 Å². The molecule has 0 spiro atoms. The Bertz CT molecular complexity index is 154. The number of nitrogens with zero attached hydrogens (tertiary/aromatic N) is 1. The van der Waals surface area contributed by atoms with Gasteiger partial charge in [0.15, 0.2) is 0 Å². The van der Waals surface area contributed by atoms with Crippen molar-refractivity contribution in [2.24, 2.45) is 0 Å². The van der Waals surface area contributed by atoms with Crippen LogP contribution < -0.4 is 59.1 Å². The standard InChI is InChI=1S/C3H7NO.2Na.H2O4S2/c1-4(2)3-5;;;1-5(2)6(3)4/h3H,1-2H3;;;(H,1,2)(H,3,4)/q;2*+1;/p-2. The molecule has 0 N–H and O–H groups in total. The summed E-state index contributed by atoms with van der Waals surface area (Å²) < 4.78 is 36.3. The van der Waals surface area contributed by atoms with E-state index < -0.39 is 20.2 Å². The van der Waals surface area contributed by atoms with Crippen molar-refractivity contribution in [2.45, 2.75) is 0 Å². The van der Waals surface area contributed by atoms with Gasteiger partial charge in [0.2, 0.25) is 6.41 Å². The minimum Gasteiger partial charge on any atom is -0.763 e. The number of hydrogen-bond acceptors (Lipinski definition) is 5. The van der Waals surface area contributed by atoms with E-state index in [-0.39, 0.29) is 59.1 Å². The molecule has 10 heteroatoms. The molecule has 0 aliphatic rings. The van der Waals surface area contributed by atoms with E-state index in [9.17, 15) is 4.79 Å². The molecule has 0 bridgehead atoms. The molecule has 2 unspecified atom stereocenters. The van der Waals surface area contributed by atoms with Crippen molar-refractivity contribution >= 4 is 26.6 Å². The number of carbonyl (C=O) groups is 1. The van der Waals surface area contributed by atoms with Crippen LogP contribution in [0.3, 0.4) is 0 Å². The molecule has 0 aromatic carbocycles. The maximum Gasteiger partial charge on any atom is 1.00 e. The average Bonchev–Trinajstić information content (AvgIpc) is 1.89. The van der Waals surface area contributed by atoms with Crippen molar-refractivity contribution in [3.8, 4) is 0 Å². The summed E-state index contributed by atoms with van der Waals surface area (Å²) in [4.78, 5) is 10.9. The summed E-state index contributed by atoms with van der Waals surface area (Å²) in [6.07, 6.45) is 0.750. The Morgan fingerprint density at radius 1 is 1.08 bits per heavy atom. The Hall–Kier alpha value is 1.69. The van der Waals surface area contributed by atoms with E-state index in [0.29, 0.717) is 0 Å². The van der Waals surface area contributed by atoms with Crippen LogP contribution in [0.2, 0.25) is 0 Å². The van der Waals surface area contributed by atoms with Crippen LogP contribution in [0.4, 0.5) is 0 Å². The van der Waals surface area contributed by atoms with E-state index in [4.69, 9.17) is 17.5 Å². The van der Waals surface area contributed by atoms with Crippen LogP contribution in [-0.4, -0.2) is 42.9 Å². The van der Waals surface area contributed by atoms with Crippen LogP contribution in [0.15, 0.2) is 0 Å². The summed E-state index contributed by atoms with van der Waals surface area (Å²) >= 11 is 0. The van der Waals surface area contributed by atoms with Crippen molar-refractivity contribution in [1.29, 1.82) is 0 Å². The summed E-state index contributed by atoms with van der Waals surface area (Å²) in [5, 5.41) is 0. The molecule has 0 fully saturated rings. The predicted octanol–water partition coefficient (Wildman–Crippen LogP) is -7.63. The van der Waals surface area contributed by atoms with Gasteiger partial charge >= 0.3 is 59.1 Å². The topological polar surface area (TPSA) is 101 Å². The van der Waals surface area contributed by atoms with E-state index in [2.05, 4.69) is 0 Å². The van der Waals surface area contributed by atoms with Crippen molar-refractivity contribution in [3.63, 3.8) is 0 Å². The van der Waals surface area contributed by atoms with Gasteiger partial charge in [-0.3, -0.25) is 13.2 Å². The molecule has 6 nitrogen and oxygen atoms in total. The predicted molar refractivity (Wildman–Crippen MR) is 37.6 cm³/mol. The zero-order chi connectivity index (χ0) is 9.44. The normalized spacial score (nSPS) is 11.7. The van der Waals surface area contributed by atoms with Gasteiger partial charge in [-0.2, -0.15) is 0 Å². The molecule has 0 radical (unpaired) electrons. The molecule has 0 aromatic rings. The fourth-order valence-corrected chi connectivity index (χ4v) is 0. The molecule has 0 saturated heterocycles. The molecule has 0 rings (SSSR count). The van der Waals surface area contributed by atoms with Crippen LogP contribution >= 0.6 is 0 Å². The summed E-state index contributed by atoms with van der Waals surface area (Å²) in [6.45, 7) is 0. The third-order valence-corrected chi connectivity index (χ3v) is 1.21.